The molecule has 168 valence electrons. The van der Waals surface area contributed by atoms with Crippen LogP contribution in [0, 0.1) is 0 Å². The van der Waals surface area contributed by atoms with Crippen molar-refractivity contribution in [2.75, 3.05) is 39.9 Å². The molecule has 1 atom stereocenters. The van der Waals surface area contributed by atoms with Crippen LogP contribution in [0.2, 0.25) is 0 Å². The maximum Gasteiger partial charge on any atom is 0.269 e. The van der Waals surface area contributed by atoms with Gasteiger partial charge in [-0.1, -0.05) is 17.6 Å². The van der Waals surface area contributed by atoms with Crippen LogP contribution in [-0.4, -0.2) is 52.3 Å². The number of hydrogen-bond acceptors (Lipinski definition) is 8. The number of fused-ring (bicyclic) bond motifs is 1. The SMILES string of the molecule is CCOc1cc([C@@H](CS(C)(=O)=O)n2sc3cc(OC)c(OC)cc3c2=O)ccc1OC. The van der Waals surface area contributed by atoms with Gasteiger partial charge in [0.2, 0.25) is 0 Å². The van der Waals surface area contributed by atoms with Gasteiger partial charge < -0.3 is 18.9 Å². The van der Waals surface area contributed by atoms with Crippen LogP contribution in [0.25, 0.3) is 10.1 Å². The molecule has 0 unspecified atom stereocenters. The Morgan fingerprint density at radius 1 is 0.968 bits per heavy atom. The third kappa shape index (κ3) is 4.80. The molecule has 0 bridgehead atoms. The summed E-state index contributed by atoms with van der Waals surface area (Å²) >= 11 is 1.18. The predicted molar refractivity (Wildman–Crippen MR) is 121 cm³/mol. The maximum atomic E-state index is 13.3. The molecule has 0 radical (unpaired) electrons. The number of rotatable bonds is 9. The molecule has 3 aromatic rings. The summed E-state index contributed by atoms with van der Waals surface area (Å²) in [5, 5.41) is 0.430. The van der Waals surface area contributed by atoms with E-state index in [-0.39, 0.29) is 11.3 Å². The van der Waals surface area contributed by atoms with Crippen LogP contribution >= 0.6 is 11.5 Å². The second-order valence-corrected chi connectivity index (χ2v) is 10.1. The van der Waals surface area contributed by atoms with Gasteiger partial charge in [0.25, 0.3) is 5.56 Å². The highest BCUT2D eigenvalue weighted by molar-refractivity contribution is 7.90. The molecular weight excluding hydrogens is 442 g/mol. The standard InChI is InChI=1S/C21H25NO7S2/c1-6-29-19-9-13(7-8-16(19)26-2)15(12-31(5,24)25)22-21(23)14-10-17(27-3)18(28-4)11-20(14)30-22/h7-11,15H,6,12H2,1-5H3/t15-/m1/s1. The maximum absolute atomic E-state index is 13.3. The second-order valence-electron chi connectivity index (χ2n) is 6.88. The summed E-state index contributed by atoms with van der Waals surface area (Å²) in [7, 11) is 1.13. The van der Waals surface area contributed by atoms with E-state index in [0.717, 1.165) is 6.26 Å². The number of sulfone groups is 1. The summed E-state index contributed by atoms with van der Waals surface area (Å²) in [5.41, 5.74) is 0.325. The first-order valence-electron chi connectivity index (χ1n) is 9.48. The summed E-state index contributed by atoms with van der Waals surface area (Å²) in [4.78, 5) is 13.3. The lowest BCUT2D eigenvalue weighted by molar-refractivity contribution is 0.310. The Bertz CT molecular complexity index is 1240. The molecule has 0 aliphatic heterocycles. The highest BCUT2D eigenvalue weighted by Crippen LogP contribution is 2.36. The first kappa shape index (κ1) is 23.0. The van der Waals surface area contributed by atoms with Crippen molar-refractivity contribution in [3.63, 3.8) is 0 Å². The van der Waals surface area contributed by atoms with Crippen LogP contribution in [0.4, 0.5) is 0 Å². The van der Waals surface area contributed by atoms with Gasteiger partial charge >= 0.3 is 0 Å². The lowest BCUT2D eigenvalue weighted by atomic mass is 10.1. The first-order valence-corrected chi connectivity index (χ1v) is 12.3. The molecule has 1 heterocycles. The van der Waals surface area contributed by atoms with Gasteiger partial charge in [-0.25, -0.2) is 8.42 Å². The van der Waals surface area contributed by atoms with Gasteiger partial charge in [0.05, 0.1) is 49.8 Å². The molecule has 3 rings (SSSR count). The summed E-state index contributed by atoms with van der Waals surface area (Å²) in [6.07, 6.45) is 1.15. The van der Waals surface area contributed by atoms with Gasteiger partial charge in [-0.2, -0.15) is 0 Å². The lowest BCUT2D eigenvalue weighted by Crippen LogP contribution is -2.26. The molecule has 0 saturated carbocycles. The minimum atomic E-state index is -3.41. The van der Waals surface area contributed by atoms with Gasteiger partial charge in [0, 0.05) is 12.3 Å². The minimum Gasteiger partial charge on any atom is -0.493 e. The summed E-state index contributed by atoms with van der Waals surface area (Å²) < 4.78 is 48.2. The number of methoxy groups -OCH3 is 3. The van der Waals surface area contributed by atoms with Crippen LogP contribution in [0.3, 0.4) is 0 Å². The van der Waals surface area contributed by atoms with E-state index >= 15 is 0 Å². The smallest absolute Gasteiger partial charge is 0.269 e. The quantitative estimate of drug-likeness (QED) is 0.477. The molecule has 10 heteroatoms. The third-order valence-corrected chi connectivity index (χ3v) is 6.80. The molecular formula is C21H25NO7S2. The zero-order chi connectivity index (χ0) is 22.8. The predicted octanol–water partition coefficient (Wildman–Crippen LogP) is 3.12. The van der Waals surface area contributed by atoms with E-state index in [1.54, 1.807) is 30.3 Å². The fourth-order valence-corrected chi connectivity index (χ4v) is 5.46. The van der Waals surface area contributed by atoms with Crippen molar-refractivity contribution in [3.8, 4) is 23.0 Å². The van der Waals surface area contributed by atoms with Crippen molar-refractivity contribution in [1.29, 1.82) is 0 Å². The van der Waals surface area contributed by atoms with E-state index < -0.39 is 15.9 Å². The third-order valence-electron chi connectivity index (χ3n) is 4.73. The Morgan fingerprint density at radius 2 is 1.61 bits per heavy atom. The highest BCUT2D eigenvalue weighted by Gasteiger charge is 2.25. The van der Waals surface area contributed by atoms with Crippen molar-refractivity contribution < 1.29 is 27.4 Å². The van der Waals surface area contributed by atoms with Crippen LogP contribution < -0.4 is 24.5 Å². The Labute approximate surface area is 185 Å². The Balaban J connectivity index is 2.22. The molecule has 0 spiro atoms. The second kappa shape index (κ2) is 9.19. The summed E-state index contributed by atoms with van der Waals surface area (Å²) in [6.45, 7) is 2.26. The van der Waals surface area contributed by atoms with Crippen LogP contribution in [0.1, 0.15) is 18.5 Å². The Hall–Kier alpha value is -2.72. The van der Waals surface area contributed by atoms with Gasteiger partial charge in [0.15, 0.2) is 23.0 Å². The fourth-order valence-electron chi connectivity index (χ4n) is 3.33. The Morgan fingerprint density at radius 3 is 2.19 bits per heavy atom. The van der Waals surface area contributed by atoms with Gasteiger partial charge in [-0.15, -0.1) is 0 Å². The molecule has 1 aromatic heterocycles. The minimum absolute atomic E-state index is 0.244. The zero-order valence-electron chi connectivity index (χ0n) is 18.0. The van der Waals surface area contributed by atoms with E-state index in [9.17, 15) is 13.2 Å². The van der Waals surface area contributed by atoms with Crippen LogP contribution in [0.5, 0.6) is 23.0 Å². The monoisotopic (exact) mass is 467 g/mol. The van der Waals surface area contributed by atoms with Crippen molar-refractivity contribution in [3.05, 3.63) is 46.2 Å². The average Bonchev–Trinajstić information content (AvgIpc) is 3.06. The fraction of sp³-hybridized carbons (Fsp3) is 0.381. The molecule has 31 heavy (non-hydrogen) atoms. The van der Waals surface area contributed by atoms with Crippen molar-refractivity contribution in [1.82, 2.24) is 3.96 Å². The number of ether oxygens (including phenoxy) is 4. The van der Waals surface area contributed by atoms with Crippen molar-refractivity contribution in [2.45, 2.75) is 13.0 Å². The van der Waals surface area contributed by atoms with E-state index in [1.807, 2.05) is 6.92 Å². The Kier molecular flexibility index (Phi) is 6.80. The van der Waals surface area contributed by atoms with E-state index in [2.05, 4.69) is 0 Å². The number of hydrogen-bond donors (Lipinski definition) is 0. The van der Waals surface area contributed by atoms with Gasteiger partial charge in [0.1, 0.15) is 9.84 Å². The molecule has 0 fully saturated rings. The van der Waals surface area contributed by atoms with Gasteiger partial charge in [-0.3, -0.25) is 8.75 Å². The van der Waals surface area contributed by atoms with Crippen LogP contribution in [0.15, 0.2) is 35.1 Å². The molecule has 2 aromatic carbocycles. The molecule has 8 nitrogen and oxygen atoms in total. The molecule has 0 aliphatic carbocycles. The van der Waals surface area contributed by atoms with Crippen molar-refractivity contribution in [2.24, 2.45) is 0 Å². The molecule has 0 saturated heterocycles. The topological polar surface area (TPSA) is 93.1 Å². The highest BCUT2D eigenvalue weighted by atomic mass is 32.2. The molecule has 0 aliphatic rings. The summed E-state index contributed by atoms with van der Waals surface area (Å²) in [5.74, 6) is 1.69. The average molecular weight is 468 g/mol. The normalized spacial score (nSPS) is 12.5. The number of nitrogens with zero attached hydrogens (tertiary/aromatic N) is 1. The van der Waals surface area contributed by atoms with E-state index in [4.69, 9.17) is 18.9 Å². The van der Waals surface area contributed by atoms with Gasteiger partial charge in [-0.05, 0) is 30.7 Å². The van der Waals surface area contributed by atoms with Crippen LogP contribution in [-0.2, 0) is 9.84 Å². The lowest BCUT2D eigenvalue weighted by Gasteiger charge is -2.19. The summed E-state index contributed by atoms with van der Waals surface area (Å²) in [6, 6.07) is 7.77. The first-order chi connectivity index (χ1) is 14.7. The largest absolute Gasteiger partial charge is 0.493 e. The zero-order valence-corrected chi connectivity index (χ0v) is 19.6. The van der Waals surface area contributed by atoms with E-state index in [1.165, 1.54) is 36.8 Å². The molecule has 0 amide bonds. The number of aromatic nitrogens is 1. The molecule has 0 N–H and O–H groups in total. The van der Waals surface area contributed by atoms with E-state index in [0.29, 0.717) is 45.3 Å². The van der Waals surface area contributed by atoms with Crippen molar-refractivity contribution >= 4 is 31.5 Å². The number of benzene rings is 2.